The topological polar surface area (TPSA) is 24.9 Å². The van der Waals surface area contributed by atoms with Crippen LogP contribution in [0.4, 0.5) is 5.69 Å². The standard InChI is InChI=1S/C22H35BN2O2/c1-21(2)22(3,4)27-23(26-21)18-10-12-20(13-11-18)25-16-14-24(15-17-25)19-8-6-5-7-9-19/h10-13,19H,5-9,14-17H2,1-4H3. The molecule has 148 valence electrons. The fourth-order valence-electron chi connectivity index (χ4n) is 4.61. The summed E-state index contributed by atoms with van der Waals surface area (Å²) in [5.41, 5.74) is 1.86. The zero-order valence-electron chi connectivity index (χ0n) is 17.5. The number of benzene rings is 1. The van der Waals surface area contributed by atoms with Crippen molar-refractivity contribution in [1.82, 2.24) is 4.90 Å². The van der Waals surface area contributed by atoms with E-state index in [-0.39, 0.29) is 18.3 Å². The third-order valence-electron chi connectivity index (χ3n) is 7.19. The van der Waals surface area contributed by atoms with E-state index in [1.165, 1.54) is 50.9 Å². The van der Waals surface area contributed by atoms with Crippen LogP contribution < -0.4 is 10.4 Å². The minimum Gasteiger partial charge on any atom is -0.399 e. The van der Waals surface area contributed by atoms with E-state index in [9.17, 15) is 0 Å². The molecule has 3 aliphatic rings. The molecule has 0 spiro atoms. The van der Waals surface area contributed by atoms with Crippen LogP contribution in [-0.4, -0.2) is 55.4 Å². The molecule has 0 unspecified atom stereocenters. The first-order valence-electron chi connectivity index (χ1n) is 10.8. The Morgan fingerprint density at radius 3 is 1.93 bits per heavy atom. The number of hydrogen-bond acceptors (Lipinski definition) is 4. The molecule has 1 aliphatic carbocycles. The van der Waals surface area contributed by atoms with E-state index in [4.69, 9.17) is 9.31 Å². The first-order valence-corrected chi connectivity index (χ1v) is 10.8. The molecule has 3 fully saturated rings. The fraction of sp³-hybridized carbons (Fsp3) is 0.727. The molecular formula is C22H35BN2O2. The van der Waals surface area contributed by atoms with Crippen LogP contribution in [0.1, 0.15) is 59.8 Å². The zero-order valence-corrected chi connectivity index (χ0v) is 17.5. The lowest BCUT2D eigenvalue weighted by atomic mass is 9.79. The lowest BCUT2D eigenvalue weighted by Gasteiger charge is -2.41. The summed E-state index contributed by atoms with van der Waals surface area (Å²) in [6.07, 6.45) is 7.09. The highest BCUT2D eigenvalue weighted by Crippen LogP contribution is 2.36. The maximum atomic E-state index is 6.17. The fourth-order valence-corrected chi connectivity index (χ4v) is 4.61. The molecule has 1 aromatic carbocycles. The SMILES string of the molecule is CC1(C)OB(c2ccc(N3CCN(C4CCCCC4)CC3)cc2)OC1(C)C. The van der Waals surface area contributed by atoms with E-state index >= 15 is 0 Å². The summed E-state index contributed by atoms with van der Waals surface area (Å²) >= 11 is 0. The minimum atomic E-state index is -0.286. The summed E-state index contributed by atoms with van der Waals surface area (Å²) in [7, 11) is -0.271. The molecule has 0 N–H and O–H groups in total. The Hall–Kier alpha value is -1.04. The quantitative estimate of drug-likeness (QED) is 0.761. The van der Waals surface area contributed by atoms with Gasteiger partial charge in [-0.05, 0) is 58.1 Å². The Labute approximate surface area is 165 Å². The van der Waals surface area contributed by atoms with Crippen LogP contribution in [0, 0.1) is 0 Å². The normalized spacial score (nSPS) is 26.5. The van der Waals surface area contributed by atoms with E-state index in [0.717, 1.165) is 24.6 Å². The second kappa shape index (κ2) is 7.42. The number of anilines is 1. The summed E-state index contributed by atoms with van der Waals surface area (Å²) in [4.78, 5) is 5.25. The lowest BCUT2D eigenvalue weighted by molar-refractivity contribution is 0.00578. The Balaban J connectivity index is 1.35. The Kier molecular flexibility index (Phi) is 5.30. The predicted molar refractivity (Wildman–Crippen MR) is 113 cm³/mol. The summed E-state index contributed by atoms with van der Waals surface area (Å²) in [6, 6.07) is 9.65. The molecule has 4 rings (SSSR count). The van der Waals surface area contributed by atoms with Crippen molar-refractivity contribution in [2.75, 3.05) is 31.1 Å². The van der Waals surface area contributed by atoms with Crippen molar-refractivity contribution in [3.63, 3.8) is 0 Å². The summed E-state index contributed by atoms with van der Waals surface area (Å²) in [6.45, 7) is 13.1. The van der Waals surface area contributed by atoms with Gasteiger partial charge in [-0.3, -0.25) is 4.90 Å². The van der Waals surface area contributed by atoms with E-state index in [0.29, 0.717) is 0 Å². The van der Waals surface area contributed by atoms with Gasteiger partial charge in [0.1, 0.15) is 0 Å². The largest absolute Gasteiger partial charge is 0.494 e. The summed E-state index contributed by atoms with van der Waals surface area (Å²) in [5, 5.41) is 0. The smallest absolute Gasteiger partial charge is 0.399 e. The van der Waals surface area contributed by atoms with Crippen LogP contribution in [0.25, 0.3) is 0 Å². The molecule has 0 atom stereocenters. The second-order valence-electron chi connectivity index (χ2n) is 9.49. The molecule has 1 aromatic rings. The number of rotatable bonds is 3. The number of piperazine rings is 1. The number of hydrogen-bond donors (Lipinski definition) is 0. The van der Waals surface area contributed by atoms with Crippen LogP contribution in [0.2, 0.25) is 0 Å². The maximum absolute atomic E-state index is 6.17. The molecule has 27 heavy (non-hydrogen) atoms. The highest BCUT2D eigenvalue weighted by atomic mass is 16.7. The van der Waals surface area contributed by atoms with Gasteiger partial charge in [0.15, 0.2) is 0 Å². The van der Waals surface area contributed by atoms with E-state index in [2.05, 4.69) is 61.8 Å². The molecule has 2 aliphatic heterocycles. The Morgan fingerprint density at radius 1 is 0.815 bits per heavy atom. The van der Waals surface area contributed by atoms with Gasteiger partial charge in [0.25, 0.3) is 0 Å². The van der Waals surface area contributed by atoms with Gasteiger partial charge < -0.3 is 14.2 Å². The molecular weight excluding hydrogens is 335 g/mol. The van der Waals surface area contributed by atoms with Crippen molar-refractivity contribution < 1.29 is 9.31 Å². The van der Waals surface area contributed by atoms with Crippen molar-refractivity contribution >= 4 is 18.3 Å². The minimum absolute atomic E-state index is 0.271. The molecule has 0 aromatic heterocycles. The molecule has 0 amide bonds. The van der Waals surface area contributed by atoms with Gasteiger partial charge >= 0.3 is 7.12 Å². The van der Waals surface area contributed by atoms with Gasteiger partial charge in [-0.25, -0.2) is 0 Å². The van der Waals surface area contributed by atoms with Crippen molar-refractivity contribution in [3.8, 4) is 0 Å². The van der Waals surface area contributed by atoms with Crippen molar-refractivity contribution in [1.29, 1.82) is 0 Å². The van der Waals surface area contributed by atoms with Gasteiger partial charge in [0, 0.05) is 37.9 Å². The van der Waals surface area contributed by atoms with Gasteiger partial charge in [0.2, 0.25) is 0 Å². The van der Waals surface area contributed by atoms with Gasteiger partial charge in [-0.15, -0.1) is 0 Å². The third kappa shape index (κ3) is 3.92. The van der Waals surface area contributed by atoms with Gasteiger partial charge in [-0.2, -0.15) is 0 Å². The first kappa shape index (κ1) is 19.3. The monoisotopic (exact) mass is 370 g/mol. The first-order chi connectivity index (χ1) is 12.9. The number of nitrogens with zero attached hydrogens (tertiary/aromatic N) is 2. The molecule has 4 nitrogen and oxygen atoms in total. The van der Waals surface area contributed by atoms with E-state index in [1.807, 2.05) is 0 Å². The van der Waals surface area contributed by atoms with Crippen LogP contribution in [0.5, 0.6) is 0 Å². The Morgan fingerprint density at radius 2 is 1.37 bits per heavy atom. The molecule has 1 saturated carbocycles. The van der Waals surface area contributed by atoms with Crippen LogP contribution >= 0.6 is 0 Å². The van der Waals surface area contributed by atoms with Gasteiger partial charge in [0.05, 0.1) is 11.2 Å². The summed E-state index contributed by atoms with van der Waals surface area (Å²) in [5.74, 6) is 0. The maximum Gasteiger partial charge on any atom is 0.494 e. The van der Waals surface area contributed by atoms with Crippen molar-refractivity contribution in [2.24, 2.45) is 0 Å². The predicted octanol–water partition coefficient (Wildman–Crippen LogP) is 3.44. The average molecular weight is 370 g/mol. The summed E-state index contributed by atoms with van der Waals surface area (Å²) < 4.78 is 12.3. The van der Waals surface area contributed by atoms with Crippen molar-refractivity contribution in [3.05, 3.63) is 24.3 Å². The van der Waals surface area contributed by atoms with E-state index in [1.54, 1.807) is 0 Å². The van der Waals surface area contributed by atoms with E-state index < -0.39 is 0 Å². The zero-order chi connectivity index (χ0) is 19.1. The Bertz CT molecular complexity index is 616. The van der Waals surface area contributed by atoms with Crippen LogP contribution in [0.15, 0.2) is 24.3 Å². The van der Waals surface area contributed by atoms with Crippen LogP contribution in [0.3, 0.4) is 0 Å². The second-order valence-corrected chi connectivity index (χ2v) is 9.49. The molecule has 0 bridgehead atoms. The van der Waals surface area contributed by atoms with Gasteiger partial charge in [-0.1, -0.05) is 31.4 Å². The lowest BCUT2D eigenvalue weighted by Crippen LogP contribution is -2.50. The highest BCUT2D eigenvalue weighted by molar-refractivity contribution is 6.62. The molecule has 2 heterocycles. The van der Waals surface area contributed by atoms with Crippen molar-refractivity contribution in [2.45, 2.75) is 77.0 Å². The molecule has 2 saturated heterocycles. The average Bonchev–Trinajstić information content (AvgIpc) is 2.90. The van der Waals surface area contributed by atoms with Crippen LogP contribution in [-0.2, 0) is 9.31 Å². The third-order valence-corrected chi connectivity index (χ3v) is 7.19. The molecule has 5 heteroatoms. The highest BCUT2D eigenvalue weighted by Gasteiger charge is 2.51. The molecule has 0 radical (unpaired) electrons.